The third kappa shape index (κ3) is 4.56. The SMILES string of the molecule is CCNC(C)(C#N)CCN1CCCC(N(C)C)C1. The van der Waals surface area contributed by atoms with Crippen LogP contribution in [0.1, 0.15) is 33.1 Å². The van der Waals surface area contributed by atoms with Gasteiger partial charge in [-0.05, 0) is 53.4 Å². The second kappa shape index (κ2) is 7.08. The molecule has 0 saturated carbocycles. The van der Waals surface area contributed by atoms with Gasteiger partial charge in [0, 0.05) is 19.1 Å². The Balaban J connectivity index is 2.41. The molecule has 104 valence electrons. The monoisotopic (exact) mass is 252 g/mol. The highest BCUT2D eigenvalue weighted by Gasteiger charge is 2.26. The maximum Gasteiger partial charge on any atom is 0.105 e. The minimum atomic E-state index is -0.375. The van der Waals surface area contributed by atoms with Gasteiger partial charge in [0.2, 0.25) is 0 Å². The molecule has 0 amide bonds. The van der Waals surface area contributed by atoms with Crippen LogP contribution < -0.4 is 5.32 Å². The van der Waals surface area contributed by atoms with Crippen LogP contribution in [0.5, 0.6) is 0 Å². The fraction of sp³-hybridized carbons (Fsp3) is 0.929. The van der Waals surface area contributed by atoms with E-state index in [9.17, 15) is 5.26 Å². The van der Waals surface area contributed by atoms with E-state index in [2.05, 4.69) is 42.2 Å². The molecule has 2 unspecified atom stereocenters. The quantitative estimate of drug-likeness (QED) is 0.773. The Labute approximate surface area is 112 Å². The first-order valence-electron chi connectivity index (χ1n) is 7.06. The molecular formula is C14H28N4. The fourth-order valence-corrected chi connectivity index (χ4v) is 2.61. The normalized spacial score (nSPS) is 24.8. The Kier molecular flexibility index (Phi) is 6.07. The number of nitrogens with zero attached hydrogens (tertiary/aromatic N) is 3. The van der Waals surface area contributed by atoms with Crippen molar-refractivity contribution in [1.82, 2.24) is 15.1 Å². The molecule has 1 heterocycles. The van der Waals surface area contributed by atoms with Gasteiger partial charge in [-0.3, -0.25) is 5.32 Å². The van der Waals surface area contributed by atoms with Gasteiger partial charge in [-0.25, -0.2) is 0 Å². The van der Waals surface area contributed by atoms with Crippen LogP contribution in [-0.2, 0) is 0 Å². The van der Waals surface area contributed by atoms with Gasteiger partial charge >= 0.3 is 0 Å². The van der Waals surface area contributed by atoms with Crippen LogP contribution in [-0.4, -0.2) is 61.7 Å². The van der Waals surface area contributed by atoms with Gasteiger partial charge in [0.1, 0.15) is 5.54 Å². The summed E-state index contributed by atoms with van der Waals surface area (Å²) in [5.41, 5.74) is -0.375. The smallest absolute Gasteiger partial charge is 0.105 e. The summed E-state index contributed by atoms with van der Waals surface area (Å²) in [6.07, 6.45) is 3.47. The van der Waals surface area contributed by atoms with Crippen molar-refractivity contribution in [1.29, 1.82) is 5.26 Å². The fourth-order valence-electron chi connectivity index (χ4n) is 2.61. The summed E-state index contributed by atoms with van der Waals surface area (Å²) in [5, 5.41) is 12.5. The first-order chi connectivity index (χ1) is 8.50. The lowest BCUT2D eigenvalue weighted by Gasteiger charge is -2.37. The predicted octanol–water partition coefficient (Wildman–Crippen LogP) is 1.29. The first-order valence-corrected chi connectivity index (χ1v) is 7.06. The second-order valence-corrected chi connectivity index (χ2v) is 5.78. The largest absolute Gasteiger partial charge is 0.305 e. The zero-order valence-corrected chi connectivity index (χ0v) is 12.4. The van der Waals surface area contributed by atoms with Gasteiger partial charge < -0.3 is 9.80 Å². The highest BCUT2D eigenvalue weighted by molar-refractivity contribution is 5.03. The number of likely N-dealkylation sites (tertiary alicyclic amines) is 1. The molecular weight excluding hydrogens is 224 g/mol. The van der Waals surface area contributed by atoms with Crippen LogP contribution in [0, 0.1) is 11.3 Å². The van der Waals surface area contributed by atoms with Crippen molar-refractivity contribution in [2.45, 2.75) is 44.7 Å². The van der Waals surface area contributed by atoms with Gasteiger partial charge in [-0.15, -0.1) is 0 Å². The Bertz CT molecular complexity index is 284. The average Bonchev–Trinajstić information content (AvgIpc) is 2.37. The van der Waals surface area contributed by atoms with Gasteiger partial charge in [0.05, 0.1) is 6.07 Å². The highest BCUT2D eigenvalue weighted by atomic mass is 15.2. The van der Waals surface area contributed by atoms with Crippen molar-refractivity contribution in [3.8, 4) is 6.07 Å². The second-order valence-electron chi connectivity index (χ2n) is 5.78. The summed E-state index contributed by atoms with van der Waals surface area (Å²) in [6, 6.07) is 3.08. The van der Waals surface area contributed by atoms with E-state index < -0.39 is 0 Å². The summed E-state index contributed by atoms with van der Waals surface area (Å²) in [5.74, 6) is 0. The van der Waals surface area contributed by atoms with E-state index in [1.165, 1.54) is 19.4 Å². The summed E-state index contributed by atoms with van der Waals surface area (Å²) in [6.45, 7) is 8.24. The molecule has 1 rings (SSSR count). The van der Waals surface area contributed by atoms with E-state index in [0.29, 0.717) is 6.04 Å². The molecule has 1 saturated heterocycles. The van der Waals surface area contributed by atoms with Crippen LogP contribution in [0.4, 0.5) is 0 Å². The summed E-state index contributed by atoms with van der Waals surface area (Å²) in [7, 11) is 4.32. The lowest BCUT2D eigenvalue weighted by atomic mass is 9.98. The molecule has 0 radical (unpaired) electrons. The zero-order chi connectivity index (χ0) is 13.6. The Hall–Kier alpha value is -0.630. The van der Waals surface area contributed by atoms with Crippen molar-refractivity contribution in [3.63, 3.8) is 0 Å². The van der Waals surface area contributed by atoms with E-state index in [4.69, 9.17) is 0 Å². The maximum absolute atomic E-state index is 9.25. The van der Waals surface area contributed by atoms with Crippen molar-refractivity contribution in [2.75, 3.05) is 40.3 Å². The van der Waals surface area contributed by atoms with Gasteiger partial charge in [0.15, 0.2) is 0 Å². The van der Waals surface area contributed by atoms with Crippen molar-refractivity contribution < 1.29 is 0 Å². The molecule has 0 aromatic rings. The summed E-state index contributed by atoms with van der Waals surface area (Å²) in [4.78, 5) is 4.82. The topological polar surface area (TPSA) is 42.3 Å². The number of nitrogens with one attached hydrogen (secondary N) is 1. The molecule has 0 aliphatic carbocycles. The highest BCUT2D eigenvalue weighted by Crippen LogP contribution is 2.16. The van der Waals surface area contributed by atoms with E-state index >= 15 is 0 Å². The molecule has 4 nitrogen and oxygen atoms in total. The molecule has 2 atom stereocenters. The van der Waals surface area contributed by atoms with Gasteiger partial charge in [-0.2, -0.15) is 5.26 Å². The minimum Gasteiger partial charge on any atom is -0.305 e. The number of hydrogen-bond acceptors (Lipinski definition) is 4. The Morgan fingerprint density at radius 3 is 2.78 bits per heavy atom. The van der Waals surface area contributed by atoms with Crippen LogP contribution in [0.3, 0.4) is 0 Å². The van der Waals surface area contributed by atoms with E-state index in [-0.39, 0.29) is 5.54 Å². The van der Waals surface area contributed by atoms with Crippen LogP contribution in [0.2, 0.25) is 0 Å². The molecule has 4 heteroatoms. The molecule has 1 N–H and O–H groups in total. The number of hydrogen-bond donors (Lipinski definition) is 1. The zero-order valence-electron chi connectivity index (χ0n) is 12.4. The Morgan fingerprint density at radius 1 is 1.50 bits per heavy atom. The molecule has 18 heavy (non-hydrogen) atoms. The van der Waals surface area contributed by atoms with Gasteiger partial charge in [0.25, 0.3) is 0 Å². The number of likely N-dealkylation sites (N-methyl/N-ethyl adjacent to an activating group) is 1. The molecule has 0 spiro atoms. The summed E-state index contributed by atoms with van der Waals surface area (Å²) >= 11 is 0. The average molecular weight is 252 g/mol. The third-order valence-electron chi connectivity index (χ3n) is 3.95. The van der Waals surface area contributed by atoms with E-state index in [1.54, 1.807) is 0 Å². The first kappa shape index (κ1) is 15.4. The lowest BCUT2D eigenvalue weighted by Crippen LogP contribution is -2.48. The minimum absolute atomic E-state index is 0.375. The van der Waals surface area contributed by atoms with Crippen molar-refractivity contribution in [3.05, 3.63) is 0 Å². The molecule has 0 aromatic carbocycles. The standard InChI is InChI=1S/C14H28N4/c1-5-16-14(2,12-15)8-10-18-9-6-7-13(11-18)17(3)4/h13,16H,5-11H2,1-4H3. The van der Waals surface area contributed by atoms with Crippen LogP contribution in [0.15, 0.2) is 0 Å². The maximum atomic E-state index is 9.25. The number of piperidine rings is 1. The van der Waals surface area contributed by atoms with Crippen molar-refractivity contribution in [2.24, 2.45) is 0 Å². The summed E-state index contributed by atoms with van der Waals surface area (Å²) < 4.78 is 0. The van der Waals surface area contributed by atoms with Crippen molar-refractivity contribution >= 4 is 0 Å². The lowest BCUT2D eigenvalue weighted by molar-refractivity contribution is 0.126. The van der Waals surface area contributed by atoms with Crippen LogP contribution >= 0.6 is 0 Å². The molecule has 1 aliphatic rings. The number of rotatable bonds is 6. The molecule has 1 fully saturated rings. The van der Waals surface area contributed by atoms with Crippen LogP contribution in [0.25, 0.3) is 0 Å². The van der Waals surface area contributed by atoms with Gasteiger partial charge in [-0.1, -0.05) is 6.92 Å². The Morgan fingerprint density at radius 2 is 2.22 bits per heavy atom. The molecule has 0 aromatic heterocycles. The molecule has 1 aliphatic heterocycles. The van der Waals surface area contributed by atoms with E-state index in [0.717, 1.165) is 26.1 Å². The molecule has 0 bridgehead atoms. The predicted molar refractivity (Wildman–Crippen MR) is 75.5 cm³/mol. The van der Waals surface area contributed by atoms with E-state index in [1.807, 2.05) is 6.92 Å². The number of nitriles is 1. The third-order valence-corrected chi connectivity index (χ3v) is 3.95.